The molecule has 0 bridgehead atoms. The van der Waals surface area contributed by atoms with E-state index in [1.807, 2.05) is 0 Å². The van der Waals surface area contributed by atoms with Crippen molar-refractivity contribution in [2.45, 2.75) is 27.7 Å². The smallest absolute Gasteiger partial charge is 0.256 e. The van der Waals surface area contributed by atoms with Crippen LogP contribution in [0.25, 0.3) is 11.1 Å². The summed E-state index contributed by atoms with van der Waals surface area (Å²) in [6, 6.07) is 35.3. The van der Waals surface area contributed by atoms with Crippen LogP contribution >= 0.6 is 0 Å². The number of anilines is 3. The molecule has 0 amide bonds. The third-order valence-electron chi connectivity index (χ3n) is 7.72. The minimum atomic E-state index is 0.108. The fourth-order valence-electron chi connectivity index (χ4n) is 6.36. The molecule has 7 rings (SSSR count). The lowest BCUT2D eigenvalue weighted by Gasteiger charge is -2.41. The molecule has 178 valence electrons. The lowest BCUT2D eigenvalue weighted by Crippen LogP contribution is -2.60. The number of ether oxygens (including phenoxy) is 1. The molecule has 0 saturated heterocycles. The zero-order valence-corrected chi connectivity index (χ0v) is 21.7. The van der Waals surface area contributed by atoms with Gasteiger partial charge in [0.05, 0.1) is 0 Å². The van der Waals surface area contributed by atoms with Gasteiger partial charge in [-0.25, -0.2) is 0 Å². The second-order valence-electron chi connectivity index (χ2n) is 10.5. The van der Waals surface area contributed by atoms with Crippen LogP contribution in [-0.2, 0) is 0 Å². The summed E-state index contributed by atoms with van der Waals surface area (Å²) in [4.78, 5) is 2.44. The molecule has 0 unspecified atom stereocenters. The van der Waals surface area contributed by atoms with Crippen molar-refractivity contribution in [2.75, 3.05) is 4.90 Å². The summed E-state index contributed by atoms with van der Waals surface area (Å²) in [7, 11) is 0. The Kier molecular flexibility index (Phi) is 4.84. The number of hydrogen-bond donors (Lipinski definition) is 0. The summed E-state index contributed by atoms with van der Waals surface area (Å²) in [5.74, 6) is 1.89. The molecule has 0 aliphatic carbocycles. The lowest BCUT2D eigenvalue weighted by atomic mass is 9.33. The van der Waals surface area contributed by atoms with Crippen LogP contribution in [0.5, 0.6) is 11.5 Å². The zero-order valence-electron chi connectivity index (χ0n) is 21.7. The van der Waals surface area contributed by atoms with Gasteiger partial charge in [-0.3, -0.25) is 0 Å². The predicted molar refractivity (Wildman–Crippen MR) is 157 cm³/mol. The normalized spacial score (nSPS) is 13.0. The van der Waals surface area contributed by atoms with Crippen molar-refractivity contribution in [1.82, 2.24) is 0 Å². The average molecular weight is 477 g/mol. The summed E-state index contributed by atoms with van der Waals surface area (Å²) in [5, 5.41) is 0. The summed E-state index contributed by atoms with van der Waals surface area (Å²) in [5.41, 5.74) is 15.0. The number of fused-ring (bicyclic) bond motifs is 4. The van der Waals surface area contributed by atoms with Crippen molar-refractivity contribution in [3.05, 3.63) is 119 Å². The van der Waals surface area contributed by atoms with Gasteiger partial charge in [0.1, 0.15) is 11.5 Å². The van der Waals surface area contributed by atoms with E-state index in [4.69, 9.17) is 4.74 Å². The number of benzene rings is 5. The van der Waals surface area contributed by atoms with E-state index in [0.717, 1.165) is 11.5 Å². The molecule has 0 radical (unpaired) electrons. The van der Waals surface area contributed by atoms with Crippen molar-refractivity contribution in [2.24, 2.45) is 0 Å². The predicted octanol–water partition coefficient (Wildman–Crippen LogP) is 6.99. The van der Waals surface area contributed by atoms with E-state index in [1.165, 1.54) is 66.8 Å². The molecule has 0 N–H and O–H groups in total. The second-order valence-corrected chi connectivity index (χ2v) is 10.5. The Bertz CT molecular complexity index is 1690. The Morgan fingerprint density at radius 1 is 0.568 bits per heavy atom. The number of hydrogen-bond acceptors (Lipinski definition) is 2. The maximum atomic E-state index is 6.60. The molecule has 5 aromatic carbocycles. The van der Waals surface area contributed by atoms with Crippen molar-refractivity contribution in [1.29, 1.82) is 0 Å². The van der Waals surface area contributed by atoms with Gasteiger partial charge in [-0.15, -0.1) is 0 Å². The van der Waals surface area contributed by atoms with Crippen LogP contribution in [0.2, 0.25) is 0 Å². The van der Waals surface area contributed by atoms with Gasteiger partial charge in [0.2, 0.25) is 0 Å². The van der Waals surface area contributed by atoms with Crippen LogP contribution < -0.4 is 26.0 Å². The maximum Gasteiger partial charge on any atom is 0.256 e. The molecular weight excluding hydrogens is 449 g/mol. The van der Waals surface area contributed by atoms with Crippen LogP contribution in [0.15, 0.2) is 97.1 Å². The second kappa shape index (κ2) is 8.14. The minimum absolute atomic E-state index is 0.108. The summed E-state index contributed by atoms with van der Waals surface area (Å²) in [6.45, 7) is 8.92. The minimum Gasteiger partial charge on any atom is -0.458 e. The fourth-order valence-corrected chi connectivity index (χ4v) is 6.36. The summed E-state index contributed by atoms with van der Waals surface area (Å²) >= 11 is 0. The topological polar surface area (TPSA) is 12.5 Å². The van der Waals surface area contributed by atoms with E-state index in [2.05, 4.69) is 130 Å². The molecule has 2 nitrogen and oxygen atoms in total. The van der Waals surface area contributed by atoms with Crippen molar-refractivity contribution in [3.8, 4) is 22.6 Å². The summed E-state index contributed by atoms with van der Waals surface area (Å²) < 4.78 is 6.60. The van der Waals surface area contributed by atoms with E-state index in [9.17, 15) is 0 Å². The van der Waals surface area contributed by atoms with Crippen molar-refractivity contribution >= 4 is 40.2 Å². The molecule has 2 aliphatic heterocycles. The Labute approximate surface area is 219 Å². The fraction of sp³-hybridized carbons (Fsp3) is 0.118. The van der Waals surface area contributed by atoms with E-state index in [0.29, 0.717) is 0 Å². The summed E-state index contributed by atoms with van der Waals surface area (Å²) in [6.07, 6.45) is 0. The van der Waals surface area contributed by atoms with Crippen LogP contribution in [0.3, 0.4) is 0 Å². The van der Waals surface area contributed by atoms with E-state index in [1.54, 1.807) is 0 Å². The van der Waals surface area contributed by atoms with Crippen molar-refractivity contribution < 1.29 is 4.74 Å². The number of aryl methyl sites for hydroxylation is 4. The molecule has 0 atom stereocenters. The van der Waals surface area contributed by atoms with E-state index in [-0.39, 0.29) is 6.71 Å². The first-order chi connectivity index (χ1) is 18.0. The first kappa shape index (κ1) is 22.0. The van der Waals surface area contributed by atoms with Gasteiger partial charge in [0.25, 0.3) is 6.71 Å². The Balaban J connectivity index is 1.53. The Morgan fingerprint density at radius 3 is 2.11 bits per heavy atom. The third-order valence-corrected chi connectivity index (χ3v) is 7.72. The van der Waals surface area contributed by atoms with Crippen molar-refractivity contribution in [3.63, 3.8) is 0 Å². The Morgan fingerprint density at radius 2 is 1.32 bits per heavy atom. The van der Waals surface area contributed by atoms with Gasteiger partial charge in [-0.1, -0.05) is 66.2 Å². The quantitative estimate of drug-likeness (QED) is 0.249. The molecule has 0 fully saturated rings. The van der Waals surface area contributed by atoms with Gasteiger partial charge in [-0.2, -0.15) is 0 Å². The SMILES string of the molecule is Cc1cc(C)cc(N2c3cc(C)cc(C)c3B3c4cc(-c5ccccc5)ccc4Oc4cccc2c43)c1. The molecule has 5 aromatic rings. The lowest BCUT2D eigenvalue weighted by molar-refractivity contribution is 0.487. The first-order valence-corrected chi connectivity index (χ1v) is 13.0. The highest BCUT2D eigenvalue weighted by molar-refractivity contribution is 6.99. The van der Waals surface area contributed by atoms with Crippen LogP contribution in [0.4, 0.5) is 17.1 Å². The molecular formula is C34H28BNO. The molecule has 2 heterocycles. The maximum absolute atomic E-state index is 6.60. The van der Waals surface area contributed by atoms with E-state index >= 15 is 0 Å². The van der Waals surface area contributed by atoms with Crippen LogP contribution in [0.1, 0.15) is 22.3 Å². The van der Waals surface area contributed by atoms with Crippen LogP contribution in [0, 0.1) is 27.7 Å². The van der Waals surface area contributed by atoms with Gasteiger partial charge in [0.15, 0.2) is 0 Å². The molecule has 0 spiro atoms. The number of nitrogens with zero attached hydrogens (tertiary/aromatic N) is 1. The molecule has 0 saturated carbocycles. The van der Waals surface area contributed by atoms with Crippen LogP contribution in [-0.4, -0.2) is 6.71 Å². The van der Waals surface area contributed by atoms with Gasteiger partial charge < -0.3 is 9.64 Å². The zero-order chi connectivity index (χ0) is 25.3. The molecule has 3 heteroatoms. The average Bonchev–Trinajstić information content (AvgIpc) is 2.88. The monoisotopic (exact) mass is 477 g/mol. The molecule has 0 aromatic heterocycles. The highest BCUT2D eigenvalue weighted by atomic mass is 16.5. The highest BCUT2D eigenvalue weighted by Gasteiger charge is 2.42. The van der Waals surface area contributed by atoms with Gasteiger partial charge in [-0.05, 0) is 108 Å². The number of rotatable bonds is 2. The largest absolute Gasteiger partial charge is 0.458 e. The van der Waals surface area contributed by atoms with Gasteiger partial charge >= 0.3 is 0 Å². The van der Waals surface area contributed by atoms with Gasteiger partial charge in [0, 0.05) is 17.1 Å². The molecule has 2 aliphatic rings. The highest BCUT2D eigenvalue weighted by Crippen LogP contribution is 2.42. The Hall–Kier alpha value is -4.24. The van der Waals surface area contributed by atoms with E-state index < -0.39 is 0 Å². The third kappa shape index (κ3) is 3.42. The molecule has 37 heavy (non-hydrogen) atoms. The standard InChI is InChI=1S/C34H28BNO/c1-21-15-22(2)18-27(17-21)36-29-11-8-12-32-34(29)35(33-24(4)16-23(3)19-30(33)36)28-20-26(13-14-31(28)37-32)25-9-6-5-7-10-25/h5-20H,1-4H3. The first-order valence-electron chi connectivity index (χ1n) is 13.0.